The molecule has 0 radical (unpaired) electrons. The van der Waals surface area contributed by atoms with Crippen LogP contribution in [0, 0.1) is 12.7 Å². The summed E-state index contributed by atoms with van der Waals surface area (Å²) in [4.78, 5) is 0. The molecule has 0 aromatic heterocycles. The Morgan fingerprint density at radius 3 is 2.58 bits per heavy atom. The van der Waals surface area contributed by atoms with Crippen LogP contribution >= 0.6 is 23.2 Å². The van der Waals surface area contributed by atoms with E-state index in [0.717, 1.165) is 16.7 Å². The maximum Gasteiger partial charge on any atom is 0.123 e. The van der Waals surface area contributed by atoms with Crippen molar-refractivity contribution < 1.29 is 4.39 Å². The molecule has 0 bridgehead atoms. The second-order valence-electron chi connectivity index (χ2n) is 4.55. The normalized spacial score (nSPS) is 12.5. The maximum atomic E-state index is 13.1. The molecule has 0 aliphatic heterocycles. The summed E-state index contributed by atoms with van der Waals surface area (Å²) in [5.74, 6) is -0.240. The van der Waals surface area contributed by atoms with E-state index in [-0.39, 0.29) is 11.9 Å². The zero-order valence-electron chi connectivity index (χ0n) is 10.5. The Bertz CT molecular complexity index is 599. The van der Waals surface area contributed by atoms with E-state index in [1.807, 2.05) is 6.92 Å². The molecule has 0 aliphatic rings. The molecular formula is C15H14Cl2FN. The molecule has 0 fully saturated rings. The van der Waals surface area contributed by atoms with Crippen molar-refractivity contribution in [3.63, 3.8) is 0 Å². The molecule has 2 N–H and O–H groups in total. The highest BCUT2D eigenvalue weighted by atomic mass is 35.5. The maximum absolute atomic E-state index is 13.1. The molecule has 0 aliphatic carbocycles. The summed E-state index contributed by atoms with van der Waals surface area (Å²) in [5, 5.41) is 1.20. The summed E-state index contributed by atoms with van der Waals surface area (Å²) in [6, 6.07) is 9.65. The predicted molar refractivity (Wildman–Crippen MR) is 78.2 cm³/mol. The first-order valence-corrected chi connectivity index (χ1v) is 6.68. The van der Waals surface area contributed by atoms with Crippen LogP contribution in [0.5, 0.6) is 0 Å². The number of benzene rings is 2. The first-order chi connectivity index (χ1) is 8.97. The van der Waals surface area contributed by atoms with Crippen LogP contribution in [0.25, 0.3) is 0 Å². The van der Waals surface area contributed by atoms with Crippen LogP contribution in [0.2, 0.25) is 10.0 Å². The first-order valence-electron chi connectivity index (χ1n) is 5.93. The quantitative estimate of drug-likeness (QED) is 0.874. The minimum atomic E-state index is -0.268. The van der Waals surface area contributed by atoms with Crippen LogP contribution < -0.4 is 5.73 Å². The fraction of sp³-hybridized carbons (Fsp3) is 0.200. The van der Waals surface area contributed by atoms with Gasteiger partial charge in [0.1, 0.15) is 5.82 Å². The number of nitrogens with two attached hydrogens (primary N) is 1. The third-order valence-corrected chi connectivity index (χ3v) is 3.68. The summed E-state index contributed by atoms with van der Waals surface area (Å²) in [6.45, 7) is 1.87. The Morgan fingerprint density at radius 2 is 1.89 bits per heavy atom. The van der Waals surface area contributed by atoms with E-state index in [0.29, 0.717) is 16.5 Å². The lowest BCUT2D eigenvalue weighted by atomic mass is 9.96. The average molecular weight is 298 g/mol. The number of halogens is 3. The van der Waals surface area contributed by atoms with Gasteiger partial charge in [-0.2, -0.15) is 0 Å². The lowest BCUT2D eigenvalue weighted by Crippen LogP contribution is -2.14. The third-order valence-electron chi connectivity index (χ3n) is 3.10. The van der Waals surface area contributed by atoms with E-state index in [9.17, 15) is 4.39 Å². The van der Waals surface area contributed by atoms with Crippen molar-refractivity contribution in [2.75, 3.05) is 0 Å². The minimum absolute atomic E-state index is 0.240. The second kappa shape index (κ2) is 5.91. The van der Waals surface area contributed by atoms with Gasteiger partial charge in [0.2, 0.25) is 0 Å². The lowest BCUT2D eigenvalue weighted by Gasteiger charge is -2.15. The first kappa shape index (κ1) is 14.3. The van der Waals surface area contributed by atoms with Crippen LogP contribution in [0.3, 0.4) is 0 Å². The highest BCUT2D eigenvalue weighted by Gasteiger charge is 2.13. The van der Waals surface area contributed by atoms with E-state index >= 15 is 0 Å². The van der Waals surface area contributed by atoms with Crippen molar-refractivity contribution in [3.05, 3.63) is 69.0 Å². The van der Waals surface area contributed by atoms with Gasteiger partial charge in [-0.1, -0.05) is 29.3 Å². The molecule has 2 aromatic rings. The van der Waals surface area contributed by atoms with E-state index in [1.165, 1.54) is 12.1 Å². The van der Waals surface area contributed by atoms with Crippen molar-refractivity contribution in [3.8, 4) is 0 Å². The van der Waals surface area contributed by atoms with Gasteiger partial charge in [0, 0.05) is 16.1 Å². The van der Waals surface area contributed by atoms with Gasteiger partial charge in [-0.25, -0.2) is 4.39 Å². The van der Waals surface area contributed by atoms with Gasteiger partial charge < -0.3 is 5.73 Å². The van der Waals surface area contributed by atoms with Crippen molar-refractivity contribution in [2.45, 2.75) is 19.4 Å². The molecule has 1 unspecified atom stereocenters. The summed E-state index contributed by atoms with van der Waals surface area (Å²) in [7, 11) is 0. The molecule has 1 nitrogen and oxygen atoms in total. The van der Waals surface area contributed by atoms with Crippen LogP contribution in [0.15, 0.2) is 36.4 Å². The molecule has 4 heteroatoms. The highest BCUT2D eigenvalue weighted by molar-refractivity contribution is 6.33. The molecule has 1 atom stereocenters. The molecule has 2 rings (SSSR count). The van der Waals surface area contributed by atoms with Gasteiger partial charge in [-0.05, 0) is 60.4 Å². The fourth-order valence-corrected chi connectivity index (χ4v) is 2.47. The summed E-state index contributed by atoms with van der Waals surface area (Å²) < 4.78 is 13.1. The van der Waals surface area contributed by atoms with Gasteiger partial charge >= 0.3 is 0 Å². The number of hydrogen-bond acceptors (Lipinski definition) is 1. The highest BCUT2D eigenvalue weighted by Crippen LogP contribution is 2.28. The van der Waals surface area contributed by atoms with Crippen molar-refractivity contribution in [1.82, 2.24) is 0 Å². The van der Waals surface area contributed by atoms with Crippen molar-refractivity contribution >= 4 is 23.2 Å². The van der Waals surface area contributed by atoms with Gasteiger partial charge in [0.15, 0.2) is 0 Å². The van der Waals surface area contributed by atoms with Gasteiger partial charge in [-0.3, -0.25) is 0 Å². The average Bonchev–Trinajstić information content (AvgIpc) is 2.35. The molecular weight excluding hydrogens is 284 g/mol. The fourth-order valence-electron chi connectivity index (χ4n) is 2.03. The third kappa shape index (κ3) is 3.47. The largest absolute Gasteiger partial charge is 0.324 e. The Labute approximate surface area is 122 Å². The molecule has 0 saturated heterocycles. The van der Waals surface area contributed by atoms with Crippen molar-refractivity contribution in [1.29, 1.82) is 0 Å². The second-order valence-corrected chi connectivity index (χ2v) is 5.39. The van der Waals surface area contributed by atoms with E-state index in [2.05, 4.69) is 0 Å². The van der Waals surface area contributed by atoms with Crippen molar-refractivity contribution in [2.24, 2.45) is 5.73 Å². The van der Waals surface area contributed by atoms with Gasteiger partial charge in [0.25, 0.3) is 0 Å². The smallest absolute Gasteiger partial charge is 0.123 e. The van der Waals surface area contributed by atoms with Crippen LogP contribution in [0.4, 0.5) is 4.39 Å². The minimum Gasteiger partial charge on any atom is -0.324 e. The zero-order valence-corrected chi connectivity index (χ0v) is 12.0. The molecule has 2 aromatic carbocycles. The van der Waals surface area contributed by atoms with E-state index in [4.69, 9.17) is 28.9 Å². The van der Waals surface area contributed by atoms with Gasteiger partial charge in [-0.15, -0.1) is 0 Å². The number of aryl methyl sites for hydroxylation is 1. The Kier molecular flexibility index (Phi) is 4.46. The predicted octanol–water partition coefficient (Wildman–Crippen LogP) is 4.68. The molecule has 0 saturated carbocycles. The topological polar surface area (TPSA) is 26.0 Å². The number of rotatable bonds is 3. The van der Waals surface area contributed by atoms with Crippen LogP contribution in [-0.4, -0.2) is 0 Å². The van der Waals surface area contributed by atoms with E-state index in [1.54, 1.807) is 24.3 Å². The molecule has 0 spiro atoms. The molecule has 0 heterocycles. The monoisotopic (exact) mass is 297 g/mol. The standard InChI is InChI=1S/C15H14Cl2FN/c1-9-6-12(18)4-2-10(9)7-15(19)13-8-11(16)3-5-14(13)17/h2-6,8,15H,7,19H2,1H3. The Hall–Kier alpha value is -1.09. The summed E-state index contributed by atoms with van der Waals surface area (Å²) in [5.41, 5.74) is 8.86. The van der Waals surface area contributed by atoms with Crippen LogP contribution in [0.1, 0.15) is 22.7 Å². The molecule has 0 amide bonds. The van der Waals surface area contributed by atoms with Gasteiger partial charge in [0.05, 0.1) is 0 Å². The zero-order chi connectivity index (χ0) is 14.0. The number of hydrogen-bond donors (Lipinski definition) is 1. The Balaban J connectivity index is 2.25. The molecule has 19 heavy (non-hydrogen) atoms. The summed E-state index contributed by atoms with van der Waals surface area (Å²) in [6.07, 6.45) is 0.589. The SMILES string of the molecule is Cc1cc(F)ccc1CC(N)c1cc(Cl)ccc1Cl. The molecule has 100 valence electrons. The Morgan fingerprint density at radius 1 is 1.16 bits per heavy atom. The lowest BCUT2D eigenvalue weighted by molar-refractivity contribution is 0.624. The van der Waals surface area contributed by atoms with E-state index < -0.39 is 0 Å². The van der Waals surface area contributed by atoms with Crippen LogP contribution in [-0.2, 0) is 6.42 Å². The summed E-state index contributed by atoms with van der Waals surface area (Å²) >= 11 is 12.1.